The second kappa shape index (κ2) is 4.37. The van der Waals surface area contributed by atoms with Gasteiger partial charge in [0.2, 0.25) is 5.78 Å². The topological polar surface area (TPSA) is 63.7 Å². The lowest BCUT2D eigenvalue weighted by atomic mass is 10.1. The number of para-hydroxylation sites is 1. The first kappa shape index (κ1) is 11.3. The van der Waals surface area contributed by atoms with Crippen LogP contribution >= 0.6 is 0 Å². The summed E-state index contributed by atoms with van der Waals surface area (Å²) in [6.07, 6.45) is 0.189. The Morgan fingerprint density at radius 3 is 2.59 bits per heavy atom. The number of Topliss-reactive ketones (excluding diaryl/α,β-unsaturated/α-hetero) is 1. The van der Waals surface area contributed by atoms with Crippen molar-refractivity contribution < 1.29 is 19.1 Å². The van der Waals surface area contributed by atoms with E-state index in [1.165, 1.54) is 12.0 Å². The SMILES string of the molecule is COC(=O)c1ccccc1N1CCC(=O)C1=O. The maximum Gasteiger partial charge on any atom is 0.339 e. The van der Waals surface area contributed by atoms with E-state index >= 15 is 0 Å². The molecule has 0 saturated carbocycles. The van der Waals surface area contributed by atoms with Gasteiger partial charge in [0.1, 0.15) is 0 Å². The summed E-state index contributed by atoms with van der Waals surface area (Å²) in [7, 11) is 1.27. The highest BCUT2D eigenvalue weighted by atomic mass is 16.5. The number of esters is 1. The van der Waals surface area contributed by atoms with Gasteiger partial charge in [0.05, 0.1) is 18.4 Å². The van der Waals surface area contributed by atoms with Gasteiger partial charge in [-0.3, -0.25) is 9.59 Å². The third kappa shape index (κ3) is 1.91. The van der Waals surface area contributed by atoms with E-state index in [0.29, 0.717) is 12.2 Å². The Hall–Kier alpha value is -2.17. The zero-order valence-electron chi connectivity index (χ0n) is 9.30. The van der Waals surface area contributed by atoms with Crippen LogP contribution in [0.1, 0.15) is 16.8 Å². The Morgan fingerprint density at radius 1 is 1.29 bits per heavy atom. The van der Waals surface area contributed by atoms with Gasteiger partial charge in [0.15, 0.2) is 0 Å². The Morgan fingerprint density at radius 2 is 2.00 bits per heavy atom. The van der Waals surface area contributed by atoms with Gasteiger partial charge < -0.3 is 9.64 Å². The number of ketones is 1. The molecule has 17 heavy (non-hydrogen) atoms. The van der Waals surface area contributed by atoms with Crippen molar-refractivity contribution in [1.29, 1.82) is 0 Å². The van der Waals surface area contributed by atoms with E-state index < -0.39 is 17.7 Å². The molecular weight excluding hydrogens is 222 g/mol. The predicted molar refractivity (Wildman–Crippen MR) is 59.8 cm³/mol. The summed E-state index contributed by atoms with van der Waals surface area (Å²) >= 11 is 0. The molecule has 88 valence electrons. The van der Waals surface area contributed by atoms with E-state index in [2.05, 4.69) is 4.74 Å². The first-order valence-electron chi connectivity index (χ1n) is 5.17. The highest BCUT2D eigenvalue weighted by molar-refractivity contribution is 6.43. The number of carbonyl (C=O) groups is 3. The minimum absolute atomic E-state index is 0.189. The van der Waals surface area contributed by atoms with Crippen LogP contribution in [0.2, 0.25) is 0 Å². The fourth-order valence-corrected chi connectivity index (χ4v) is 1.79. The predicted octanol–water partition coefficient (Wildman–Crippen LogP) is 0.779. The number of benzene rings is 1. The molecule has 1 aromatic rings. The van der Waals surface area contributed by atoms with Gasteiger partial charge in [-0.25, -0.2) is 4.79 Å². The third-order valence-corrected chi connectivity index (χ3v) is 2.65. The standard InChI is InChI=1S/C12H11NO4/c1-17-12(16)8-4-2-3-5-9(8)13-7-6-10(14)11(13)15/h2-5H,6-7H2,1H3. The maximum atomic E-state index is 11.6. The average Bonchev–Trinajstić information content (AvgIpc) is 2.69. The highest BCUT2D eigenvalue weighted by Gasteiger charge is 2.32. The largest absolute Gasteiger partial charge is 0.465 e. The Bertz CT molecular complexity index is 495. The molecule has 1 aliphatic heterocycles. The quantitative estimate of drug-likeness (QED) is 0.559. The maximum absolute atomic E-state index is 11.6. The fraction of sp³-hybridized carbons (Fsp3) is 0.250. The molecule has 0 bridgehead atoms. The summed E-state index contributed by atoms with van der Waals surface area (Å²) in [5.74, 6) is -1.52. The summed E-state index contributed by atoms with van der Waals surface area (Å²) < 4.78 is 4.64. The summed E-state index contributed by atoms with van der Waals surface area (Å²) in [5.41, 5.74) is 0.716. The molecule has 5 heteroatoms. The molecule has 0 N–H and O–H groups in total. The summed E-state index contributed by atoms with van der Waals surface area (Å²) in [4.78, 5) is 35.6. The molecule has 1 saturated heterocycles. The summed E-state index contributed by atoms with van der Waals surface area (Å²) in [6.45, 7) is 0.311. The number of carbonyl (C=O) groups excluding carboxylic acids is 3. The second-order valence-corrected chi connectivity index (χ2v) is 3.64. The summed E-state index contributed by atoms with van der Waals surface area (Å²) in [5, 5.41) is 0. The second-order valence-electron chi connectivity index (χ2n) is 3.64. The van der Waals surface area contributed by atoms with Gasteiger partial charge in [-0.1, -0.05) is 12.1 Å². The van der Waals surface area contributed by atoms with Crippen molar-refractivity contribution in [3.63, 3.8) is 0 Å². The Labute approximate surface area is 98.0 Å². The van der Waals surface area contributed by atoms with Crippen molar-refractivity contribution in [2.75, 3.05) is 18.6 Å². The Kier molecular flexibility index (Phi) is 2.91. The van der Waals surface area contributed by atoms with Crippen molar-refractivity contribution >= 4 is 23.3 Å². The minimum atomic E-state index is -0.568. The van der Waals surface area contributed by atoms with E-state index in [-0.39, 0.29) is 12.0 Å². The minimum Gasteiger partial charge on any atom is -0.465 e. The number of rotatable bonds is 2. The van der Waals surface area contributed by atoms with Gasteiger partial charge >= 0.3 is 5.97 Å². The lowest BCUT2D eigenvalue weighted by Gasteiger charge is -2.17. The van der Waals surface area contributed by atoms with Gasteiger partial charge in [0.25, 0.3) is 5.91 Å². The molecule has 0 radical (unpaired) electrons. The molecule has 5 nitrogen and oxygen atoms in total. The number of methoxy groups -OCH3 is 1. The van der Waals surface area contributed by atoms with Crippen LogP contribution in [-0.2, 0) is 14.3 Å². The van der Waals surface area contributed by atoms with Crippen molar-refractivity contribution in [3.05, 3.63) is 29.8 Å². The highest BCUT2D eigenvalue weighted by Crippen LogP contribution is 2.24. The molecular formula is C12H11NO4. The normalized spacial score (nSPS) is 15.2. The number of amides is 1. The molecule has 1 heterocycles. The van der Waals surface area contributed by atoms with Gasteiger partial charge in [0, 0.05) is 13.0 Å². The van der Waals surface area contributed by atoms with Crippen LogP contribution in [0, 0.1) is 0 Å². The molecule has 1 aliphatic rings. The molecule has 1 aromatic carbocycles. The van der Waals surface area contributed by atoms with Crippen LogP contribution < -0.4 is 4.90 Å². The molecule has 0 unspecified atom stereocenters. The number of ether oxygens (including phenoxy) is 1. The van der Waals surface area contributed by atoms with Crippen molar-refractivity contribution in [2.24, 2.45) is 0 Å². The van der Waals surface area contributed by atoms with Crippen LogP contribution in [0.15, 0.2) is 24.3 Å². The van der Waals surface area contributed by atoms with E-state index in [0.717, 1.165) is 0 Å². The van der Waals surface area contributed by atoms with Crippen LogP contribution in [0.3, 0.4) is 0 Å². The van der Waals surface area contributed by atoms with E-state index in [1.54, 1.807) is 24.3 Å². The smallest absolute Gasteiger partial charge is 0.339 e. The van der Waals surface area contributed by atoms with Gasteiger partial charge in [-0.15, -0.1) is 0 Å². The molecule has 0 spiro atoms. The number of nitrogens with zero attached hydrogens (tertiary/aromatic N) is 1. The van der Waals surface area contributed by atoms with Crippen molar-refractivity contribution in [1.82, 2.24) is 0 Å². The molecule has 1 fully saturated rings. The van der Waals surface area contributed by atoms with Crippen molar-refractivity contribution in [2.45, 2.75) is 6.42 Å². The zero-order valence-corrected chi connectivity index (χ0v) is 9.30. The molecule has 2 rings (SSSR count). The first-order valence-corrected chi connectivity index (χ1v) is 5.17. The van der Waals surface area contributed by atoms with E-state index in [1.807, 2.05) is 0 Å². The number of anilines is 1. The fourth-order valence-electron chi connectivity index (χ4n) is 1.79. The monoisotopic (exact) mass is 233 g/mol. The van der Waals surface area contributed by atoms with Crippen LogP contribution in [0.4, 0.5) is 5.69 Å². The average molecular weight is 233 g/mol. The van der Waals surface area contributed by atoms with Crippen molar-refractivity contribution in [3.8, 4) is 0 Å². The molecule has 0 atom stereocenters. The van der Waals surface area contributed by atoms with Crippen LogP contribution in [0.5, 0.6) is 0 Å². The lowest BCUT2D eigenvalue weighted by molar-refractivity contribution is -0.133. The van der Waals surface area contributed by atoms with Crippen LogP contribution in [-0.4, -0.2) is 31.3 Å². The zero-order chi connectivity index (χ0) is 12.4. The third-order valence-electron chi connectivity index (χ3n) is 2.65. The summed E-state index contributed by atoms with van der Waals surface area (Å²) in [6, 6.07) is 6.58. The number of hydrogen-bond acceptors (Lipinski definition) is 4. The molecule has 0 aliphatic carbocycles. The van der Waals surface area contributed by atoms with Gasteiger partial charge in [-0.2, -0.15) is 0 Å². The van der Waals surface area contributed by atoms with E-state index in [4.69, 9.17) is 0 Å². The van der Waals surface area contributed by atoms with Crippen LogP contribution in [0.25, 0.3) is 0 Å². The van der Waals surface area contributed by atoms with E-state index in [9.17, 15) is 14.4 Å². The molecule has 1 amide bonds. The molecule has 0 aromatic heterocycles. The Balaban J connectivity index is 2.42. The lowest BCUT2D eigenvalue weighted by Crippen LogP contribution is -2.28. The number of hydrogen-bond donors (Lipinski definition) is 0. The first-order chi connectivity index (χ1) is 8.15. The van der Waals surface area contributed by atoms with Gasteiger partial charge in [-0.05, 0) is 12.1 Å².